The van der Waals surface area contributed by atoms with Crippen LogP contribution in [0.2, 0.25) is 0 Å². The number of esters is 1. The normalized spacial score (nSPS) is 12.1. The highest BCUT2D eigenvalue weighted by molar-refractivity contribution is 8.14. The number of nitrogens with one attached hydrogen (secondary N) is 1. The second-order valence-corrected chi connectivity index (χ2v) is 11.3. The lowest BCUT2D eigenvalue weighted by Crippen LogP contribution is -2.33. The zero-order valence-electron chi connectivity index (χ0n) is 22.9. The first-order valence-corrected chi connectivity index (χ1v) is 13.7. The number of fused-ring (bicyclic) bond motifs is 1. The first kappa shape index (κ1) is 29.4. The van der Waals surface area contributed by atoms with Crippen LogP contribution in [0.1, 0.15) is 73.4 Å². The van der Waals surface area contributed by atoms with Gasteiger partial charge in [0, 0.05) is 26.4 Å². The van der Waals surface area contributed by atoms with Crippen LogP contribution in [0, 0.1) is 18.7 Å². The molecule has 204 valence electrons. The number of aryl methyl sites for hydroxylation is 2. The summed E-state index contributed by atoms with van der Waals surface area (Å²) in [5.41, 5.74) is 4.24. The Labute approximate surface area is 227 Å². The van der Waals surface area contributed by atoms with E-state index < -0.39 is 17.0 Å². The molecule has 38 heavy (non-hydrogen) atoms. The number of nitrogens with zero attached hydrogens (tertiary/aromatic N) is 2. The zero-order valence-corrected chi connectivity index (χ0v) is 23.7. The van der Waals surface area contributed by atoms with Crippen LogP contribution >= 0.6 is 11.8 Å². The van der Waals surface area contributed by atoms with Crippen molar-refractivity contribution in [2.75, 3.05) is 7.11 Å². The maximum atomic E-state index is 14.6. The van der Waals surface area contributed by atoms with Gasteiger partial charge in [0.05, 0.1) is 29.0 Å². The van der Waals surface area contributed by atoms with Crippen molar-refractivity contribution in [2.45, 2.75) is 72.2 Å². The first-order valence-electron chi connectivity index (χ1n) is 12.8. The minimum Gasteiger partial charge on any atom is -0.465 e. The maximum absolute atomic E-state index is 14.6. The lowest BCUT2D eigenvalue weighted by Gasteiger charge is -2.17. The van der Waals surface area contributed by atoms with Crippen molar-refractivity contribution in [3.8, 4) is 0 Å². The van der Waals surface area contributed by atoms with Crippen LogP contribution in [-0.4, -0.2) is 38.9 Å². The fourth-order valence-corrected chi connectivity index (χ4v) is 5.53. The molecule has 0 radical (unpaired) electrons. The van der Waals surface area contributed by atoms with Crippen molar-refractivity contribution in [1.82, 2.24) is 14.9 Å². The molecule has 0 spiro atoms. The van der Waals surface area contributed by atoms with E-state index in [9.17, 15) is 18.8 Å². The van der Waals surface area contributed by atoms with Crippen molar-refractivity contribution in [2.24, 2.45) is 5.92 Å². The molecule has 0 saturated carbocycles. The summed E-state index contributed by atoms with van der Waals surface area (Å²) in [6.45, 7) is 10.3. The molecular weight excluding hydrogens is 505 g/mol. The largest absolute Gasteiger partial charge is 0.465 e. The Morgan fingerprint density at radius 2 is 1.89 bits per heavy atom. The number of aromatic nitrogens is 2. The number of carbonyl (C=O) groups excluding carboxylic acids is 3. The molecule has 1 N–H and O–H groups in total. The summed E-state index contributed by atoms with van der Waals surface area (Å²) in [5, 5.41) is 2.49. The van der Waals surface area contributed by atoms with Gasteiger partial charge in [0.15, 0.2) is 5.12 Å². The zero-order chi connectivity index (χ0) is 28.0. The molecule has 3 aromatic rings. The van der Waals surface area contributed by atoms with Gasteiger partial charge in [0.2, 0.25) is 5.91 Å². The minimum absolute atomic E-state index is 0.0773. The quantitative estimate of drug-likeness (QED) is 0.319. The van der Waals surface area contributed by atoms with Gasteiger partial charge in [-0.05, 0) is 60.6 Å². The summed E-state index contributed by atoms with van der Waals surface area (Å²) in [7, 11) is 1.22. The number of hydrogen-bond acceptors (Lipinski definition) is 6. The standard InChI is InChI=1S/C29H36FN3O4S/c1-7-8-26-32-27-18(4)12-21(15-31-28(35)25(11-17(2)3)38-19(5)34)14-24(27)33(26)16-20-9-10-22(23(30)13-20)29(36)37-6/h9-10,12-14,17,25H,7-8,11,15-16H2,1-6H3,(H,31,35)/t25-/m0/s1. The molecule has 0 aliphatic heterocycles. The molecule has 1 atom stereocenters. The molecule has 0 aliphatic rings. The summed E-state index contributed by atoms with van der Waals surface area (Å²) in [6, 6.07) is 8.52. The monoisotopic (exact) mass is 541 g/mol. The fourth-order valence-electron chi connectivity index (χ4n) is 4.46. The van der Waals surface area contributed by atoms with Crippen LogP contribution in [0.5, 0.6) is 0 Å². The van der Waals surface area contributed by atoms with E-state index in [-0.39, 0.29) is 22.5 Å². The Morgan fingerprint density at radius 1 is 1.16 bits per heavy atom. The van der Waals surface area contributed by atoms with Gasteiger partial charge in [0.1, 0.15) is 11.6 Å². The van der Waals surface area contributed by atoms with Crippen molar-refractivity contribution in [3.63, 3.8) is 0 Å². The average Bonchev–Trinajstić information content (AvgIpc) is 3.19. The Bertz CT molecular complexity index is 1340. The molecule has 9 heteroatoms. The van der Waals surface area contributed by atoms with E-state index in [1.54, 1.807) is 6.07 Å². The van der Waals surface area contributed by atoms with E-state index in [0.29, 0.717) is 25.1 Å². The van der Waals surface area contributed by atoms with Gasteiger partial charge < -0.3 is 14.6 Å². The summed E-state index contributed by atoms with van der Waals surface area (Å²) >= 11 is 1.07. The molecule has 0 bridgehead atoms. The molecule has 1 heterocycles. The maximum Gasteiger partial charge on any atom is 0.340 e. The third-order valence-electron chi connectivity index (χ3n) is 6.19. The number of methoxy groups -OCH3 is 1. The SMILES string of the molecule is CCCc1nc2c(C)cc(CNC(=O)[C@H](CC(C)C)SC(C)=O)cc2n1Cc1ccc(C(=O)OC)c(F)c1. The number of hydrogen-bond donors (Lipinski definition) is 1. The van der Waals surface area contributed by atoms with Crippen LogP contribution in [0.3, 0.4) is 0 Å². The van der Waals surface area contributed by atoms with Crippen LogP contribution in [0.15, 0.2) is 30.3 Å². The van der Waals surface area contributed by atoms with Crippen LogP contribution in [-0.2, 0) is 33.8 Å². The summed E-state index contributed by atoms with van der Waals surface area (Å²) in [5.74, 6) is -0.325. The van der Waals surface area contributed by atoms with Crippen molar-refractivity contribution in [3.05, 3.63) is 64.2 Å². The predicted octanol–water partition coefficient (Wildman–Crippen LogP) is 5.58. The number of rotatable bonds is 11. The first-order chi connectivity index (χ1) is 18.0. The summed E-state index contributed by atoms with van der Waals surface area (Å²) < 4.78 is 21.3. The molecular formula is C29H36FN3O4S. The van der Waals surface area contributed by atoms with Gasteiger partial charge in [-0.1, -0.05) is 44.7 Å². The Kier molecular flexibility index (Phi) is 10.1. The van der Waals surface area contributed by atoms with Crippen LogP contribution < -0.4 is 5.32 Å². The Hall–Kier alpha value is -3.20. The number of benzene rings is 2. The molecule has 7 nitrogen and oxygen atoms in total. The number of carbonyl (C=O) groups is 3. The van der Waals surface area contributed by atoms with Gasteiger partial charge in [-0.25, -0.2) is 14.2 Å². The predicted molar refractivity (Wildman–Crippen MR) is 149 cm³/mol. The smallest absolute Gasteiger partial charge is 0.340 e. The summed E-state index contributed by atoms with van der Waals surface area (Å²) in [4.78, 5) is 41.2. The van der Waals surface area contributed by atoms with Crippen molar-refractivity contribution in [1.29, 1.82) is 0 Å². The number of thioether (sulfide) groups is 1. The van der Waals surface area contributed by atoms with Gasteiger partial charge in [-0.3, -0.25) is 9.59 Å². The molecule has 0 unspecified atom stereocenters. The Morgan fingerprint density at radius 3 is 2.50 bits per heavy atom. The van der Waals surface area contributed by atoms with E-state index in [0.717, 1.165) is 52.6 Å². The van der Waals surface area contributed by atoms with E-state index in [1.807, 2.05) is 32.9 Å². The third-order valence-corrected chi connectivity index (χ3v) is 7.21. The molecule has 0 fully saturated rings. The lowest BCUT2D eigenvalue weighted by atomic mass is 10.1. The topological polar surface area (TPSA) is 90.3 Å². The summed E-state index contributed by atoms with van der Waals surface area (Å²) in [6.07, 6.45) is 2.26. The van der Waals surface area contributed by atoms with Crippen molar-refractivity contribution >= 4 is 39.8 Å². The van der Waals surface area contributed by atoms with E-state index in [2.05, 4.69) is 21.5 Å². The molecule has 2 aromatic carbocycles. The average molecular weight is 542 g/mol. The van der Waals surface area contributed by atoms with Gasteiger partial charge in [0.25, 0.3) is 0 Å². The second kappa shape index (κ2) is 13.0. The molecule has 1 amide bonds. The molecule has 3 rings (SSSR count). The van der Waals surface area contributed by atoms with Crippen molar-refractivity contribution < 1.29 is 23.5 Å². The lowest BCUT2D eigenvalue weighted by molar-refractivity contribution is -0.121. The van der Waals surface area contributed by atoms with Gasteiger partial charge in [-0.15, -0.1) is 0 Å². The van der Waals surface area contributed by atoms with E-state index >= 15 is 0 Å². The molecule has 0 aliphatic carbocycles. The van der Waals surface area contributed by atoms with Crippen LogP contribution in [0.4, 0.5) is 4.39 Å². The van der Waals surface area contributed by atoms with Gasteiger partial charge in [-0.2, -0.15) is 0 Å². The number of halogens is 1. The minimum atomic E-state index is -0.714. The van der Waals surface area contributed by atoms with Crippen LogP contribution in [0.25, 0.3) is 11.0 Å². The Balaban J connectivity index is 1.92. The highest BCUT2D eigenvalue weighted by Gasteiger charge is 2.22. The van der Waals surface area contributed by atoms with E-state index in [4.69, 9.17) is 4.98 Å². The molecule has 1 aromatic heterocycles. The molecule has 0 saturated heterocycles. The highest BCUT2D eigenvalue weighted by Crippen LogP contribution is 2.25. The number of imidazole rings is 1. The van der Waals surface area contributed by atoms with E-state index in [1.165, 1.54) is 26.2 Å². The number of amides is 1. The second-order valence-electron chi connectivity index (χ2n) is 9.90. The highest BCUT2D eigenvalue weighted by atomic mass is 32.2. The van der Waals surface area contributed by atoms with Gasteiger partial charge >= 0.3 is 5.97 Å². The number of ether oxygens (including phenoxy) is 1. The third kappa shape index (κ3) is 7.22. The fraction of sp³-hybridized carbons (Fsp3) is 0.448.